The van der Waals surface area contributed by atoms with Crippen LogP contribution in [-0.4, -0.2) is 69.0 Å². The van der Waals surface area contributed by atoms with Crippen molar-refractivity contribution in [3.63, 3.8) is 0 Å². The third-order valence-electron chi connectivity index (χ3n) is 8.15. The van der Waals surface area contributed by atoms with E-state index in [-0.39, 0.29) is 41.7 Å². The molecular formula is C25H25BrCl2N2O6. The van der Waals surface area contributed by atoms with E-state index in [4.69, 9.17) is 27.9 Å². The lowest BCUT2D eigenvalue weighted by Gasteiger charge is -2.50. The number of allylic oxidation sites excluding steroid dienone is 2. The second-order valence-electron chi connectivity index (χ2n) is 9.87. The highest BCUT2D eigenvalue weighted by atomic mass is 79.9. The molecule has 2 aliphatic heterocycles. The summed E-state index contributed by atoms with van der Waals surface area (Å²) in [6, 6.07) is 3.18. The summed E-state index contributed by atoms with van der Waals surface area (Å²) in [4.78, 5) is 52.0. The Morgan fingerprint density at radius 3 is 2.47 bits per heavy atom. The number of likely N-dealkylation sites (tertiary alicyclic amines) is 2. The van der Waals surface area contributed by atoms with Crippen LogP contribution < -0.4 is 4.74 Å². The second-order valence-corrected chi connectivity index (χ2v) is 12.0. The predicted octanol–water partition coefficient (Wildman–Crippen LogP) is 3.56. The molecular weight excluding hydrogens is 575 g/mol. The van der Waals surface area contributed by atoms with Crippen molar-refractivity contribution in [1.82, 2.24) is 9.80 Å². The normalized spacial score (nSPS) is 35.6. The fourth-order valence-corrected chi connectivity index (χ4v) is 8.03. The standard InChI is InChI=1S/C25H25BrCl2N2O6/c1-4-7-30-20(32)13-6-5-12-15(17(13)21(30)33)10-24(27)22(34)29(2)23(35)25(24,28)18(12)14-8-11(26)9-16(36-3)19(14)31/h5,8-9,13,15,17-18,31H,4,6-7,10H2,1-3H3. The van der Waals surface area contributed by atoms with Gasteiger partial charge in [-0.1, -0.05) is 34.5 Å². The molecule has 4 amide bonds. The number of alkyl halides is 2. The van der Waals surface area contributed by atoms with E-state index in [9.17, 15) is 24.3 Å². The minimum absolute atomic E-state index is 0.0820. The van der Waals surface area contributed by atoms with Crippen molar-refractivity contribution >= 4 is 62.8 Å². The number of carbonyl (C=O) groups is 4. The average Bonchev–Trinajstić information content (AvgIpc) is 3.16. The Morgan fingerprint density at radius 1 is 1.14 bits per heavy atom. The van der Waals surface area contributed by atoms with Gasteiger partial charge in [-0.25, -0.2) is 0 Å². The Hall–Kier alpha value is -2.10. The van der Waals surface area contributed by atoms with E-state index in [1.807, 2.05) is 13.0 Å². The summed E-state index contributed by atoms with van der Waals surface area (Å²) in [5, 5.41) is 11.2. The Bertz CT molecular complexity index is 1250. The molecule has 192 valence electrons. The number of carbonyl (C=O) groups excluding carboxylic acids is 4. The number of hydrogen-bond donors (Lipinski definition) is 1. The van der Waals surface area contributed by atoms with Crippen molar-refractivity contribution in [2.24, 2.45) is 17.8 Å². The molecule has 6 unspecified atom stereocenters. The zero-order valence-corrected chi connectivity index (χ0v) is 23.0. The predicted molar refractivity (Wildman–Crippen MR) is 135 cm³/mol. The Balaban J connectivity index is 1.76. The summed E-state index contributed by atoms with van der Waals surface area (Å²) >= 11 is 17.6. The number of hydrogen-bond acceptors (Lipinski definition) is 6. The molecule has 0 bridgehead atoms. The third-order valence-corrected chi connectivity index (χ3v) is 10.0. The first-order valence-corrected chi connectivity index (χ1v) is 13.3. The molecule has 3 fully saturated rings. The number of methoxy groups -OCH3 is 1. The molecule has 2 heterocycles. The number of phenolic OH excluding ortho intramolecular Hbond substituents is 1. The van der Waals surface area contributed by atoms with Crippen LogP contribution in [0.1, 0.15) is 37.7 Å². The number of ether oxygens (including phenoxy) is 1. The maximum Gasteiger partial charge on any atom is 0.253 e. The van der Waals surface area contributed by atoms with E-state index in [0.29, 0.717) is 23.0 Å². The SMILES string of the molecule is CCCN1C(=O)C2CC=C3C(CC4(Cl)C(=O)N(C)C(=O)C4(Cl)C3c3cc(Br)cc(OC)c3O)C2C1=O. The lowest BCUT2D eigenvalue weighted by molar-refractivity contribution is -0.141. The Labute approximate surface area is 226 Å². The van der Waals surface area contributed by atoms with E-state index in [1.54, 1.807) is 12.1 Å². The number of rotatable bonds is 4. The number of nitrogens with zero attached hydrogens (tertiary/aromatic N) is 2. The summed E-state index contributed by atoms with van der Waals surface area (Å²) < 4.78 is 5.88. The molecule has 5 rings (SSSR count). The molecule has 1 aromatic carbocycles. The zero-order valence-electron chi connectivity index (χ0n) is 19.9. The summed E-state index contributed by atoms with van der Waals surface area (Å²) in [5.74, 6) is -4.96. The van der Waals surface area contributed by atoms with Gasteiger partial charge in [0.25, 0.3) is 11.8 Å². The Kier molecular flexibility index (Phi) is 6.00. The lowest BCUT2D eigenvalue weighted by Crippen LogP contribution is -2.60. The van der Waals surface area contributed by atoms with Gasteiger partial charge >= 0.3 is 0 Å². The minimum atomic E-state index is -1.96. The monoisotopic (exact) mass is 598 g/mol. The van der Waals surface area contributed by atoms with Gasteiger partial charge in [0.15, 0.2) is 21.2 Å². The molecule has 1 saturated carbocycles. The van der Waals surface area contributed by atoms with Gasteiger partial charge in [0.05, 0.1) is 18.9 Å². The van der Waals surface area contributed by atoms with Crippen LogP contribution in [0.2, 0.25) is 0 Å². The van der Waals surface area contributed by atoms with E-state index < -0.39 is 45.2 Å². The topological polar surface area (TPSA) is 104 Å². The van der Waals surface area contributed by atoms with Crippen LogP contribution in [0.3, 0.4) is 0 Å². The van der Waals surface area contributed by atoms with Gasteiger partial charge in [-0.2, -0.15) is 0 Å². The third kappa shape index (κ3) is 3.05. The minimum Gasteiger partial charge on any atom is -0.504 e. The smallest absolute Gasteiger partial charge is 0.253 e. The van der Waals surface area contributed by atoms with Crippen LogP contribution in [0, 0.1) is 17.8 Å². The van der Waals surface area contributed by atoms with Crippen molar-refractivity contribution in [1.29, 1.82) is 0 Å². The number of amides is 4. The number of phenols is 1. The first-order chi connectivity index (χ1) is 16.9. The molecule has 11 heteroatoms. The number of aromatic hydroxyl groups is 1. The van der Waals surface area contributed by atoms with Gasteiger partial charge in [0, 0.05) is 29.5 Å². The number of imide groups is 2. The fourth-order valence-electron chi connectivity index (χ4n) is 6.57. The molecule has 1 N–H and O–H groups in total. The number of fused-ring (bicyclic) bond motifs is 4. The van der Waals surface area contributed by atoms with Crippen molar-refractivity contribution in [2.45, 2.75) is 41.9 Å². The Morgan fingerprint density at radius 2 is 1.83 bits per heavy atom. The lowest BCUT2D eigenvalue weighted by atomic mass is 9.56. The highest BCUT2D eigenvalue weighted by Gasteiger charge is 2.76. The first kappa shape index (κ1) is 25.5. The maximum atomic E-state index is 13.6. The molecule has 8 nitrogen and oxygen atoms in total. The number of halogens is 3. The molecule has 0 aromatic heterocycles. The van der Waals surface area contributed by atoms with Crippen molar-refractivity contribution in [3.05, 3.63) is 33.8 Å². The zero-order chi connectivity index (χ0) is 26.3. The van der Waals surface area contributed by atoms with Gasteiger partial charge in [-0.05, 0) is 37.3 Å². The number of benzene rings is 1. The van der Waals surface area contributed by atoms with Crippen molar-refractivity contribution in [3.8, 4) is 11.5 Å². The quantitative estimate of drug-likeness (QED) is 0.322. The van der Waals surface area contributed by atoms with E-state index in [2.05, 4.69) is 15.9 Å². The summed E-state index contributed by atoms with van der Waals surface area (Å²) in [6.07, 6.45) is 2.66. The van der Waals surface area contributed by atoms with Gasteiger partial charge < -0.3 is 9.84 Å². The van der Waals surface area contributed by atoms with Crippen LogP contribution >= 0.6 is 39.1 Å². The molecule has 36 heavy (non-hydrogen) atoms. The first-order valence-electron chi connectivity index (χ1n) is 11.8. The van der Waals surface area contributed by atoms with Crippen LogP contribution in [0.5, 0.6) is 11.5 Å². The van der Waals surface area contributed by atoms with Gasteiger partial charge in [-0.3, -0.25) is 29.0 Å². The summed E-state index contributed by atoms with van der Waals surface area (Å²) in [5.41, 5.74) is 0.864. The van der Waals surface area contributed by atoms with Crippen LogP contribution in [0.15, 0.2) is 28.3 Å². The second kappa shape index (κ2) is 8.46. The van der Waals surface area contributed by atoms with E-state index in [0.717, 1.165) is 4.90 Å². The van der Waals surface area contributed by atoms with Crippen molar-refractivity contribution in [2.75, 3.05) is 20.7 Å². The van der Waals surface area contributed by atoms with Crippen molar-refractivity contribution < 1.29 is 29.0 Å². The average molecular weight is 600 g/mol. The fraction of sp³-hybridized carbons (Fsp3) is 0.520. The van der Waals surface area contributed by atoms with Gasteiger partial charge in [0.1, 0.15) is 0 Å². The molecule has 6 atom stereocenters. The molecule has 4 aliphatic rings. The van der Waals surface area contributed by atoms with Crippen LogP contribution in [0.25, 0.3) is 0 Å². The molecule has 0 radical (unpaired) electrons. The highest BCUT2D eigenvalue weighted by molar-refractivity contribution is 9.10. The summed E-state index contributed by atoms with van der Waals surface area (Å²) in [6.45, 7) is 2.20. The highest BCUT2D eigenvalue weighted by Crippen LogP contribution is 2.66. The van der Waals surface area contributed by atoms with Gasteiger partial charge in [0.2, 0.25) is 11.8 Å². The van der Waals surface area contributed by atoms with E-state index in [1.165, 1.54) is 19.1 Å². The van der Waals surface area contributed by atoms with Crippen LogP contribution in [-0.2, 0) is 19.2 Å². The molecule has 2 aliphatic carbocycles. The molecule has 2 saturated heterocycles. The largest absolute Gasteiger partial charge is 0.504 e. The van der Waals surface area contributed by atoms with E-state index >= 15 is 0 Å². The maximum absolute atomic E-state index is 13.6. The van der Waals surface area contributed by atoms with Crippen LogP contribution in [0.4, 0.5) is 0 Å². The van der Waals surface area contributed by atoms with Gasteiger partial charge in [-0.15, -0.1) is 23.2 Å². The summed E-state index contributed by atoms with van der Waals surface area (Å²) in [7, 11) is 2.72. The molecule has 1 aromatic rings. The molecule has 0 spiro atoms.